The van der Waals surface area contributed by atoms with E-state index in [1.807, 2.05) is 0 Å². The highest BCUT2D eigenvalue weighted by molar-refractivity contribution is 5.97. The third-order valence-corrected chi connectivity index (χ3v) is 10.1. The molecule has 22 nitrogen and oxygen atoms in total. The van der Waals surface area contributed by atoms with Gasteiger partial charge in [-0.25, -0.2) is 0 Å². The van der Waals surface area contributed by atoms with Crippen LogP contribution in [-0.4, -0.2) is 140 Å². The standard InChI is InChI=1S/C41H58N10O12/c1-22(40(62)63)46-36(58)29(20-24-8-4-3-5-9-24)49-35(57)28(16-17-32(54)55)47-38(60)31-11-7-19-51(31)39(61)33(23(2)52)50-37(59)30(21-25-12-14-26(53)15-13-25)48-34(56)27(42)10-6-18-45-41(43)44/h3-5,8-9,12-15,22-23,27-31,33,52-53H,6-7,10-11,16-21,42H2,1-2H3,(H,46,58)(H,47,60)(H,48,56)(H,49,57)(H,50,59)(H,54,55)(H,62,63)(H4,43,44,45)/t22-,23+,27-,28-,29-,30-,31-,33-/m0/s1. The molecule has 2 aromatic carbocycles. The maximum Gasteiger partial charge on any atom is 0.325 e. The normalized spacial score (nSPS) is 16.7. The minimum absolute atomic E-state index is 0.00847. The third-order valence-electron chi connectivity index (χ3n) is 10.1. The van der Waals surface area contributed by atoms with Crippen LogP contribution in [-0.2, 0) is 51.2 Å². The van der Waals surface area contributed by atoms with Gasteiger partial charge in [-0.1, -0.05) is 42.5 Å². The maximum atomic E-state index is 14.1. The van der Waals surface area contributed by atoms with E-state index in [2.05, 4.69) is 31.6 Å². The molecular weight excluding hydrogens is 825 g/mol. The molecule has 0 radical (unpaired) electrons. The number of carbonyl (C=O) groups is 8. The zero-order valence-electron chi connectivity index (χ0n) is 35.1. The van der Waals surface area contributed by atoms with E-state index in [1.165, 1.54) is 38.1 Å². The van der Waals surface area contributed by atoms with Crippen LogP contribution in [0.25, 0.3) is 0 Å². The summed E-state index contributed by atoms with van der Waals surface area (Å²) in [6, 6.07) is 4.72. The lowest BCUT2D eigenvalue weighted by molar-refractivity contribution is -0.144. The molecule has 8 atom stereocenters. The number of aliphatic imine (C=N–C) groups is 1. The van der Waals surface area contributed by atoms with E-state index in [0.717, 1.165) is 4.90 Å². The first kappa shape index (κ1) is 50.5. The van der Waals surface area contributed by atoms with Gasteiger partial charge in [0.25, 0.3) is 0 Å². The highest BCUT2D eigenvalue weighted by atomic mass is 16.4. The number of hydrogen-bond acceptors (Lipinski definition) is 12. The SMILES string of the molecule is C[C@H](NC(=O)[C@H](Cc1ccccc1)NC(=O)[C@H](CCC(=O)O)NC(=O)[C@@H]1CCCN1C(=O)[C@@H](NC(=O)[C@H](Cc1ccc(O)cc1)NC(=O)[C@@H](N)CCCN=C(N)N)[C@@H](C)O)C(=O)O. The number of nitrogens with one attached hydrogen (secondary N) is 5. The number of aliphatic carboxylic acids is 2. The van der Waals surface area contributed by atoms with E-state index < -0.39 is 109 Å². The second-order valence-electron chi connectivity index (χ2n) is 15.2. The molecule has 0 aliphatic carbocycles. The van der Waals surface area contributed by atoms with Gasteiger partial charge in [0.15, 0.2) is 5.96 Å². The summed E-state index contributed by atoms with van der Waals surface area (Å²) in [5, 5.41) is 51.7. The smallest absolute Gasteiger partial charge is 0.325 e. The molecule has 1 aliphatic heterocycles. The Morgan fingerprint density at radius 3 is 1.90 bits per heavy atom. The number of guanidine groups is 1. The van der Waals surface area contributed by atoms with Gasteiger partial charge in [-0.2, -0.15) is 0 Å². The average molecular weight is 883 g/mol. The summed E-state index contributed by atoms with van der Waals surface area (Å²) in [7, 11) is 0. The topological polar surface area (TPSA) is 371 Å². The van der Waals surface area contributed by atoms with Crippen molar-refractivity contribution in [2.24, 2.45) is 22.2 Å². The average Bonchev–Trinajstić information content (AvgIpc) is 3.73. The molecule has 0 aromatic heterocycles. The third kappa shape index (κ3) is 16.5. The lowest BCUT2D eigenvalue weighted by Gasteiger charge is -2.32. The molecule has 0 unspecified atom stereocenters. The van der Waals surface area contributed by atoms with Crippen LogP contribution in [0.1, 0.15) is 63.5 Å². The summed E-state index contributed by atoms with van der Waals surface area (Å²) in [5.74, 6) is -7.95. The number of carboxylic acid groups (broad SMARTS) is 2. The molecule has 0 saturated carbocycles. The molecule has 6 amide bonds. The second kappa shape index (κ2) is 24.6. The van der Waals surface area contributed by atoms with Crippen LogP contribution >= 0.6 is 0 Å². The molecule has 15 N–H and O–H groups in total. The van der Waals surface area contributed by atoms with E-state index in [-0.39, 0.29) is 56.9 Å². The van der Waals surface area contributed by atoms with Crippen LogP contribution in [0.3, 0.4) is 0 Å². The minimum Gasteiger partial charge on any atom is -0.508 e. The number of phenolic OH excluding ortho intramolecular Hbond substituents is 1. The van der Waals surface area contributed by atoms with Crippen LogP contribution in [0, 0.1) is 0 Å². The number of carbonyl (C=O) groups excluding carboxylic acids is 6. The van der Waals surface area contributed by atoms with Crippen molar-refractivity contribution in [2.45, 2.75) is 114 Å². The van der Waals surface area contributed by atoms with E-state index in [4.69, 9.17) is 17.2 Å². The molecule has 1 aliphatic rings. The molecule has 1 fully saturated rings. The number of nitrogens with two attached hydrogens (primary N) is 3. The largest absolute Gasteiger partial charge is 0.508 e. The fourth-order valence-electron chi connectivity index (χ4n) is 6.64. The number of amides is 6. The van der Waals surface area contributed by atoms with Gasteiger partial charge in [-0.3, -0.25) is 43.3 Å². The number of aromatic hydroxyl groups is 1. The number of aliphatic hydroxyl groups excluding tert-OH is 1. The summed E-state index contributed by atoms with van der Waals surface area (Å²) in [6.07, 6.45) is -1.89. The van der Waals surface area contributed by atoms with Gasteiger partial charge >= 0.3 is 11.9 Å². The Labute approximate surface area is 363 Å². The van der Waals surface area contributed by atoms with Crippen LogP contribution < -0.4 is 43.8 Å². The first-order chi connectivity index (χ1) is 29.8. The number of rotatable bonds is 24. The van der Waals surface area contributed by atoms with Crippen molar-refractivity contribution in [3.05, 3.63) is 65.7 Å². The van der Waals surface area contributed by atoms with Crippen LogP contribution in [0.4, 0.5) is 0 Å². The summed E-state index contributed by atoms with van der Waals surface area (Å²) in [6.45, 7) is 2.66. The monoisotopic (exact) mass is 882 g/mol. The highest BCUT2D eigenvalue weighted by Gasteiger charge is 2.41. The summed E-state index contributed by atoms with van der Waals surface area (Å²) >= 11 is 0. The second-order valence-corrected chi connectivity index (χ2v) is 15.2. The lowest BCUT2D eigenvalue weighted by atomic mass is 10.0. The van der Waals surface area contributed by atoms with Crippen molar-refractivity contribution >= 4 is 53.3 Å². The molecule has 63 heavy (non-hydrogen) atoms. The Balaban J connectivity index is 1.81. The predicted octanol–water partition coefficient (Wildman–Crippen LogP) is -2.68. The van der Waals surface area contributed by atoms with Crippen molar-refractivity contribution in [1.29, 1.82) is 0 Å². The van der Waals surface area contributed by atoms with Crippen LogP contribution in [0.5, 0.6) is 5.75 Å². The number of nitrogens with zero attached hydrogens (tertiary/aromatic N) is 2. The fraction of sp³-hybridized carbons (Fsp3) is 0.488. The van der Waals surface area contributed by atoms with Crippen molar-refractivity contribution < 1.29 is 58.8 Å². The van der Waals surface area contributed by atoms with E-state index >= 15 is 0 Å². The van der Waals surface area contributed by atoms with Gasteiger partial charge < -0.3 is 69.1 Å². The zero-order valence-corrected chi connectivity index (χ0v) is 35.1. The molecular formula is C41H58N10O12. The number of phenols is 1. The Bertz CT molecular complexity index is 1950. The summed E-state index contributed by atoms with van der Waals surface area (Å²) in [4.78, 5) is 110. The van der Waals surface area contributed by atoms with Crippen molar-refractivity contribution in [3.8, 4) is 5.75 Å². The van der Waals surface area contributed by atoms with Gasteiger partial charge in [0.2, 0.25) is 35.4 Å². The predicted molar refractivity (Wildman–Crippen MR) is 226 cm³/mol. The minimum atomic E-state index is -1.64. The number of aliphatic hydroxyl groups is 1. The number of benzene rings is 2. The van der Waals surface area contributed by atoms with E-state index in [0.29, 0.717) is 17.5 Å². The van der Waals surface area contributed by atoms with Crippen molar-refractivity contribution in [1.82, 2.24) is 31.5 Å². The highest BCUT2D eigenvalue weighted by Crippen LogP contribution is 2.21. The Morgan fingerprint density at radius 1 is 0.762 bits per heavy atom. The number of likely N-dealkylation sites (tertiary alicyclic amines) is 1. The molecule has 344 valence electrons. The molecule has 22 heteroatoms. The van der Waals surface area contributed by atoms with Gasteiger partial charge in [0, 0.05) is 32.4 Å². The zero-order chi connectivity index (χ0) is 46.8. The molecule has 1 saturated heterocycles. The quantitative estimate of drug-likeness (QED) is 0.0291. The lowest BCUT2D eigenvalue weighted by Crippen LogP contribution is -2.61. The maximum absolute atomic E-state index is 14.1. The molecule has 2 aromatic rings. The van der Waals surface area contributed by atoms with Gasteiger partial charge in [-0.15, -0.1) is 0 Å². The molecule has 0 spiro atoms. The summed E-state index contributed by atoms with van der Waals surface area (Å²) in [5.41, 5.74) is 17.9. The first-order valence-corrected chi connectivity index (χ1v) is 20.3. The molecule has 3 rings (SSSR count). The Kier molecular flexibility index (Phi) is 19.7. The first-order valence-electron chi connectivity index (χ1n) is 20.3. The van der Waals surface area contributed by atoms with Gasteiger partial charge in [0.05, 0.1) is 12.1 Å². The number of hydrogen-bond donors (Lipinski definition) is 12. The molecule has 1 heterocycles. The van der Waals surface area contributed by atoms with Crippen LogP contribution in [0.2, 0.25) is 0 Å². The van der Waals surface area contributed by atoms with E-state index in [1.54, 1.807) is 30.3 Å². The summed E-state index contributed by atoms with van der Waals surface area (Å²) < 4.78 is 0. The molecule has 0 bridgehead atoms. The fourth-order valence-corrected chi connectivity index (χ4v) is 6.64. The van der Waals surface area contributed by atoms with Crippen molar-refractivity contribution in [3.63, 3.8) is 0 Å². The Morgan fingerprint density at radius 2 is 1.33 bits per heavy atom. The Hall–Kier alpha value is -6.81. The van der Waals surface area contributed by atoms with Gasteiger partial charge in [0.1, 0.15) is 42.0 Å². The number of carboxylic acids is 2. The van der Waals surface area contributed by atoms with Crippen molar-refractivity contribution in [2.75, 3.05) is 13.1 Å². The van der Waals surface area contributed by atoms with Gasteiger partial charge in [-0.05, 0) is 69.2 Å². The van der Waals surface area contributed by atoms with Crippen LogP contribution in [0.15, 0.2) is 59.6 Å². The van der Waals surface area contributed by atoms with E-state index in [9.17, 15) is 58.8 Å².